The third kappa shape index (κ3) is 4.24. The minimum Gasteiger partial charge on any atom is -0.380 e. The molecule has 5 nitrogen and oxygen atoms in total. The van der Waals surface area contributed by atoms with Crippen molar-refractivity contribution in [3.63, 3.8) is 0 Å². The van der Waals surface area contributed by atoms with Gasteiger partial charge in [-0.25, -0.2) is 0 Å². The average molecular weight is 339 g/mol. The van der Waals surface area contributed by atoms with Gasteiger partial charge in [0.1, 0.15) is 0 Å². The molecule has 25 heavy (non-hydrogen) atoms. The zero-order valence-electron chi connectivity index (χ0n) is 14.9. The van der Waals surface area contributed by atoms with Gasteiger partial charge in [-0.05, 0) is 36.2 Å². The van der Waals surface area contributed by atoms with E-state index < -0.39 is 0 Å². The van der Waals surface area contributed by atoms with E-state index in [9.17, 15) is 4.79 Å². The van der Waals surface area contributed by atoms with Crippen LogP contribution in [-0.2, 0) is 11.3 Å². The number of pyridine rings is 1. The maximum atomic E-state index is 12.8. The predicted octanol–water partition coefficient (Wildman–Crippen LogP) is 2.75. The van der Waals surface area contributed by atoms with E-state index in [0.717, 1.165) is 37.3 Å². The minimum atomic E-state index is 0.103. The van der Waals surface area contributed by atoms with Gasteiger partial charge in [-0.3, -0.25) is 14.7 Å². The number of rotatable bonds is 5. The fourth-order valence-corrected chi connectivity index (χ4v) is 3.29. The Hall–Kier alpha value is -2.24. The molecule has 1 fully saturated rings. The molecule has 0 N–H and O–H groups in total. The fourth-order valence-electron chi connectivity index (χ4n) is 3.29. The molecule has 2 heterocycles. The molecule has 1 aromatic heterocycles. The molecule has 1 atom stereocenters. The number of nitrogens with zero attached hydrogens (tertiary/aromatic N) is 3. The molecule has 1 aliphatic heterocycles. The van der Waals surface area contributed by atoms with Gasteiger partial charge in [0.05, 0.1) is 6.61 Å². The zero-order valence-corrected chi connectivity index (χ0v) is 14.9. The summed E-state index contributed by atoms with van der Waals surface area (Å²) in [4.78, 5) is 21.3. The van der Waals surface area contributed by atoms with Gasteiger partial charge in [-0.15, -0.1) is 0 Å². The first-order valence-electron chi connectivity index (χ1n) is 8.70. The molecule has 0 radical (unpaired) electrons. The van der Waals surface area contributed by atoms with Crippen LogP contribution >= 0.6 is 0 Å². The van der Waals surface area contributed by atoms with Crippen LogP contribution in [0.5, 0.6) is 0 Å². The average Bonchev–Trinajstić information content (AvgIpc) is 2.68. The van der Waals surface area contributed by atoms with Gasteiger partial charge in [0.2, 0.25) is 0 Å². The molecule has 0 bridgehead atoms. The minimum absolute atomic E-state index is 0.103. The summed E-state index contributed by atoms with van der Waals surface area (Å²) >= 11 is 0. The highest BCUT2D eigenvalue weighted by molar-refractivity contribution is 5.94. The zero-order chi connectivity index (χ0) is 17.6. The Balaban J connectivity index is 1.60. The van der Waals surface area contributed by atoms with Crippen LogP contribution < -0.4 is 0 Å². The third-order valence-electron chi connectivity index (χ3n) is 4.80. The second kappa shape index (κ2) is 8.23. The van der Waals surface area contributed by atoms with E-state index in [2.05, 4.69) is 22.9 Å². The lowest BCUT2D eigenvalue weighted by molar-refractivity contribution is 0.0581. The van der Waals surface area contributed by atoms with E-state index >= 15 is 0 Å². The smallest absolute Gasteiger partial charge is 0.253 e. The van der Waals surface area contributed by atoms with Crippen molar-refractivity contribution < 1.29 is 9.53 Å². The second-order valence-electron chi connectivity index (χ2n) is 6.42. The quantitative estimate of drug-likeness (QED) is 0.840. The topological polar surface area (TPSA) is 45.7 Å². The Morgan fingerprint density at radius 3 is 2.68 bits per heavy atom. The molecule has 0 unspecified atom stereocenters. The van der Waals surface area contributed by atoms with Gasteiger partial charge in [-0.1, -0.05) is 18.2 Å². The van der Waals surface area contributed by atoms with Gasteiger partial charge in [0.25, 0.3) is 5.91 Å². The first-order chi connectivity index (χ1) is 12.2. The number of hydrogen-bond donors (Lipinski definition) is 0. The van der Waals surface area contributed by atoms with Crippen LogP contribution in [0.1, 0.15) is 34.5 Å². The summed E-state index contributed by atoms with van der Waals surface area (Å²) in [6.45, 7) is 5.97. The van der Waals surface area contributed by atoms with Crippen molar-refractivity contribution in [3.05, 3.63) is 65.5 Å². The number of methoxy groups -OCH3 is 1. The summed E-state index contributed by atoms with van der Waals surface area (Å²) in [5.74, 6) is 0.103. The van der Waals surface area contributed by atoms with Gasteiger partial charge in [0.15, 0.2) is 0 Å². The van der Waals surface area contributed by atoms with Crippen molar-refractivity contribution in [3.8, 4) is 0 Å². The highest BCUT2D eigenvalue weighted by Crippen LogP contribution is 2.21. The molecule has 2 aromatic rings. The Morgan fingerprint density at radius 2 is 2.00 bits per heavy atom. The lowest BCUT2D eigenvalue weighted by Crippen LogP contribution is -2.49. The Labute approximate surface area is 149 Å². The maximum absolute atomic E-state index is 12.8. The van der Waals surface area contributed by atoms with Crippen molar-refractivity contribution in [2.45, 2.75) is 19.6 Å². The summed E-state index contributed by atoms with van der Waals surface area (Å²) < 4.78 is 5.15. The third-order valence-corrected chi connectivity index (χ3v) is 4.80. The monoisotopic (exact) mass is 339 g/mol. The van der Waals surface area contributed by atoms with Crippen molar-refractivity contribution in [1.29, 1.82) is 0 Å². The molecule has 3 rings (SSSR count). The number of piperazine rings is 1. The van der Waals surface area contributed by atoms with Gasteiger partial charge < -0.3 is 9.64 Å². The van der Waals surface area contributed by atoms with Crippen molar-refractivity contribution >= 4 is 5.91 Å². The largest absolute Gasteiger partial charge is 0.380 e. The van der Waals surface area contributed by atoms with Crippen LogP contribution in [0, 0.1) is 0 Å². The lowest BCUT2D eigenvalue weighted by atomic mass is 10.1. The normalized spacial score (nSPS) is 16.6. The number of amides is 1. The fraction of sp³-hybridized carbons (Fsp3) is 0.400. The van der Waals surface area contributed by atoms with Crippen LogP contribution in [0.4, 0.5) is 0 Å². The molecule has 1 amide bonds. The molecule has 132 valence electrons. The van der Waals surface area contributed by atoms with E-state index in [1.807, 2.05) is 41.4 Å². The molecule has 0 saturated carbocycles. The highest BCUT2D eigenvalue weighted by atomic mass is 16.5. The molecule has 1 saturated heterocycles. The Morgan fingerprint density at radius 1 is 1.20 bits per heavy atom. The van der Waals surface area contributed by atoms with Gasteiger partial charge in [-0.2, -0.15) is 0 Å². The first-order valence-corrected chi connectivity index (χ1v) is 8.70. The number of benzene rings is 1. The second-order valence-corrected chi connectivity index (χ2v) is 6.42. The molecule has 1 aliphatic rings. The van der Waals surface area contributed by atoms with Crippen LogP contribution in [0.2, 0.25) is 0 Å². The van der Waals surface area contributed by atoms with E-state index in [0.29, 0.717) is 12.6 Å². The van der Waals surface area contributed by atoms with Crippen LogP contribution in [0.25, 0.3) is 0 Å². The molecule has 0 spiro atoms. The summed E-state index contributed by atoms with van der Waals surface area (Å²) in [5, 5.41) is 0. The van der Waals surface area contributed by atoms with Crippen molar-refractivity contribution in [2.75, 3.05) is 33.3 Å². The number of aromatic nitrogens is 1. The van der Waals surface area contributed by atoms with E-state index in [1.165, 1.54) is 5.56 Å². The van der Waals surface area contributed by atoms with Gasteiger partial charge >= 0.3 is 0 Å². The highest BCUT2D eigenvalue weighted by Gasteiger charge is 2.25. The van der Waals surface area contributed by atoms with Crippen LogP contribution in [0.15, 0.2) is 48.8 Å². The van der Waals surface area contributed by atoms with E-state index in [4.69, 9.17) is 4.74 Å². The summed E-state index contributed by atoms with van der Waals surface area (Å²) in [6, 6.07) is 12.1. The van der Waals surface area contributed by atoms with E-state index in [1.54, 1.807) is 13.3 Å². The molecular weight excluding hydrogens is 314 g/mol. The van der Waals surface area contributed by atoms with Crippen LogP contribution in [-0.4, -0.2) is 54.0 Å². The maximum Gasteiger partial charge on any atom is 0.253 e. The predicted molar refractivity (Wildman–Crippen MR) is 97.3 cm³/mol. The molecule has 0 aliphatic carbocycles. The number of carbonyl (C=O) groups is 1. The number of ether oxygens (including phenoxy) is 1. The van der Waals surface area contributed by atoms with Gasteiger partial charge in [0, 0.05) is 57.3 Å². The Kier molecular flexibility index (Phi) is 5.79. The molecule has 5 heteroatoms. The number of carbonyl (C=O) groups excluding carboxylic acids is 1. The molecule has 1 aromatic carbocycles. The lowest BCUT2D eigenvalue weighted by Gasteiger charge is -2.38. The number of hydrogen-bond acceptors (Lipinski definition) is 4. The summed E-state index contributed by atoms with van der Waals surface area (Å²) in [5.41, 5.74) is 2.98. The standard InChI is InChI=1S/C20H25N3O2/c1-16(19-7-4-8-21-14-19)22-9-11-23(12-10-22)20(24)18-6-3-5-17(13-18)15-25-2/h3-8,13-14,16H,9-12,15H2,1-2H3/t16-/m1/s1. The first kappa shape index (κ1) is 17.6. The summed E-state index contributed by atoms with van der Waals surface area (Å²) in [7, 11) is 1.66. The SMILES string of the molecule is COCc1cccc(C(=O)N2CCN([C@H](C)c3cccnc3)CC2)c1. The van der Waals surface area contributed by atoms with Crippen LogP contribution in [0.3, 0.4) is 0 Å². The summed E-state index contributed by atoms with van der Waals surface area (Å²) in [6.07, 6.45) is 3.72. The van der Waals surface area contributed by atoms with Crippen molar-refractivity contribution in [2.24, 2.45) is 0 Å². The van der Waals surface area contributed by atoms with E-state index in [-0.39, 0.29) is 5.91 Å². The molecular formula is C20H25N3O2. The van der Waals surface area contributed by atoms with Crippen molar-refractivity contribution in [1.82, 2.24) is 14.8 Å². The Bertz CT molecular complexity index is 697.